The van der Waals surface area contributed by atoms with Gasteiger partial charge in [0.15, 0.2) is 0 Å². The second-order valence-corrected chi connectivity index (χ2v) is 7.71. The molecule has 1 aliphatic heterocycles. The predicted molar refractivity (Wildman–Crippen MR) is 94.9 cm³/mol. The Morgan fingerprint density at radius 2 is 1.89 bits per heavy atom. The molecule has 0 bridgehead atoms. The second kappa shape index (κ2) is 7.52. The van der Waals surface area contributed by atoms with Crippen LogP contribution in [0.1, 0.15) is 55.5 Å². The minimum Gasteiger partial charge on any atom is -0.353 e. The van der Waals surface area contributed by atoms with Gasteiger partial charge in [0.2, 0.25) is 5.91 Å². The Morgan fingerprint density at radius 3 is 2.48 bits per heavy atom. The fourth-order valence-corrected chi connectivity index (χ4v) is 4.58. The molecular weight excluding hydrogens is 357 g/mol. The van der Waals surface area contributed by atoms with E-state index in [1.165, 1.54) is 12.1 Å². The lowest BCUT2D eigenvalue weighted by molar-refractivity contribution is -0.137. The van der Waals surface area contributed by atoms with Crippen LogP contribution in [0.2, 0.25) is 0 Å². The molecule has 2 amide bonds. The third kappa shape index (κ3) is 4.12. The van der Waals surface area contributed by atoms with Crippen LogP contribution in [0.4, 0.5) is 13.2 Å². The summed E-state index contributed by atoms with van der Waals surface area (Å²) in [4.78, 5) is 24.6. The molecule has 1 heterocycles. The van der Waals surface area contributed by atoms with Crippen LogP contribution in [0.3, 0.4) is 0 Å². The van der Waals surface area contributed by atoms with Crippen molar-refractivity contribution in [2.45, 2.75) is 57.8 Å². The minimum atomic E-state index is -4.42. The van der Waals surface area contributed by atoms with Crippen molar-refractivity contribution in [3.05, 3.63) is 35.4 Å². The van der Waals surface area contributed by atoms with Crippen molar-refractivity contribution >= 4 is 11.8 Å². The molecule has 1 aromatic rings. The van der Waals surface area contributed by atoms with Gasteiger partial charge in [0.1, 0.15) is 0 Å². The third-order valence-electron chi connectivity index (χ3n) is 6.13. The summed E-state index contributed by atoms with van der Waals surface area (Å²) >= 11 is 0. The number of amides is 2. The van der Waals surface area contributed by atoms with Crippen LogP contribution in [0, 0.1) is 17.8 Å². The van der Waals surface area contributed by atoms with Gasteiger partial charge in [-0.25, -0.2) is 0 Å². The molecule has 1 saturated heterocycles. The zero-order chi connectivity index (χ0) is 19.8. The standard InChI is InChI=1S/C20H25F3N2O2/c1-3-15-11(2)16-9-8-14(10-17(16)25-19(15)27)24-18(26)12-4-6-13(7-5-12)20(21,22)23/h4-7,11,14-17H,3,8-10H2,1-2H3,(H,24,26)(H,25,27). The molecule has 5 atom stereocenters. The summed E-state index contributed by atoms with van der Waals surface area (Å²) in [6, 6.07) is 4.17. The van der Waals surface area contributed by atoms with Crippen LogP contribution in [-0.2, 0) is 11.0 Å². The highest BCUT2D eigenvalue weighted by atomic mass is 19.4. The summed E-state index contributed by atoms with van der Waals surface area (Å²) in [5, 5.41) is 6.01. The van der Waals surface area contributed by atoms with E-state index in [-0.39, 0.29) is 35.4 Å². The van der Waals surface area contributed by atoms with E-state index in [1.807, 2.05) is 6.92 Å². The number of carbonyl (C=O) groups is 2. The number of nitrogens with one attached hydrogen (secondary N) is 2. The molecule has 2 fully saturated rings. The van der Waals surface area contributed by atoms with E-state index in [1.54, 1.807) is 0 Å². The van der Waals surface area contributed by atoms with Crippen LogP contribution >= 0.6 is 0 Å². The number of hydrogen-bond donors (Lipinski definition) is 2. The van der Waals surface area contributed by atoms with Crippen molar-refractivity contribution in [1.82, 2.24) is 10.6 Å². The summed E-state index contributed by atoms with van der Waals surface area (Å²) in [6.07, 6.45) is -1.21. The monoisotopic (exact) mass is 382 g/mol. The largest absolute Gasteiger partial charge is 0.416 e. The molecule has 3 rings (SSSR count). The zero-order valence-corrected chi connectivity index (χ0v) is 15.5. The van der Waals surface area contributed by atoms with Gasteiger partial charge in [0, 0.05) is 23.6 Å². The van der Waals surface area contributed by atoms with E-state index >= 15 is 0 Å². The molecule has 1 saturated carbocycles. The Kier molecular flexibility index (Phi) is 5.49. The lowest BCUT2D eigenvalue weighted by Gasteiger charge is -2.46. The van der Waals surface area contributed by atoms with Crippen molar-refractivity contribution < 1.29 is 22.8 Å². The molecule has 27 heavy (non-hydrogen) atoms. The number of alkyl halides is 3. The minimum absolute atomic E-state index is 0.0435. The molecule has 7 heteroatoms. The summed E-state index contributed by atoms with van der Waals surface area (Å²) in [5.41, 5.74) is -0.568. The average Bonchev–Trinajstić information content (AvgIpc) is 2.61. The van der Waals surface area contributed by atoms with Crippen LogP contribution in [-0.4, -0.2) is 23.9 Å². The maximum atomic E-state index is 12.6. The van der Waals surface area contributed by atoms with Gasteiger partial charge >= 0.3 is 6.18 Å². The van der Waals surface area contributed by atoms with Gasteiger partial charge in [-0.05, 0) is 61.8 Å². The van der Waals surface area contributed by atoms with Crippen LogP contribution < -0.4 is 10.6 Å². The smallest absolute Gasteiger partial charge is 0.353 e. The van der Waals surface area contributed by atoms with Crippen molar-refractivity contribution in [3.63, 3.8) is 0 Å². The molecule has 0 aromatic heterocycles. The van der Waals surface area contributed by atoms with Gasteiger partial charge < -0.3 is 10.6 Å². The van der Waals surface area contributed by atoms with Gasteiger partial charge in [-0.15, -0.1) is 0 Å². The molecule has 0 spiro atoms. The summed E-state index contributed by atoms with van der Waals surface area (Å²) < 4.78 is 37.9. The first kappa shape index (κ1) is 19.7. The second-order valence-electron chi connectivity index (χ2n) is 7.71. The highest BCUT2D eigenvalue weighted by Crippen LogP contribution is 2.39. The third-order valence-corrected chi connectivity index (χ3v) is 6.13. The molecule has 148 valence electrons. The Hall–Kier alpha value is -2.05. The van der Waals surface area contributed by atoms with Crippen molar-refractivity contribution in [2.75, 3.05) is 0 Å². The molecule has 1 aromatic carbocycles. The number of carbonyl (C=O) groups excluding carboxylic acids is 2. The SMILES string of the molecule is CCC1C(=O)NC2CC(NC(=O)c3ccc(C(F)(F)F)cc3)CCC2C1C. The van der Waals surface area contributed by atoms with E-state index in [0.29, 0.717) is 18.3 Å². The number of benzene rings is 1. The first-order chi connectivity index (χ1) is 12.7. The topological polar surface area (TPSA) is 58.2 Å². The summed E-state index contributed by atoms with van der Waals surface area (Å²) in [6.45, 7) is 4.16. The molecular formula is C20H25F3N2O2. The summed E-state index contributed by atoms with van der Waals surface area (Å²) in [7, 11) is 0. The maximum absolute atomic E-state index is 12.6. The van der Waals surface area contributed by atoms with Crippen LogP contribution in [0.15, 0.2) is 24.3 Å². The first-order valence-corrected chi connectivity index (χ1v) is 9.49. The van der Waals surface area contributed by atoms with Crippen LogP contribution in [0.5, 0.6) is 0 Å². The molecule has 4 nitrogen and oxygen atoms in total. The van der Waals surface area contributed by atoms with E-state index < -0.39 is 11.7 Å². The molecule has 1 aliphatic carbocycles. The Labute approximate surface area is 156 Å². The fourth-order valence-electron chi connectivity index (χ4n) is 4.58. The quantitative estimate of drug-likeness (QED) is 0.836. The average molecular weight is 382 g/mol. The molecule has 0 radical (unpaired) electrons. The highest BCUT2D eigenvalue weighted by Gasteiger charge is 2.43. The van der Waals surface area contributed by atoms with E-state index in [9.17, 15) is 22.8 Å². The maximum Gasteiger partial charge on any atom is 0.416 e. The van der Waals surface area contributed by atoms with E-state index in [4.69, 9.17) is 0 Å². The fraction of sp³-hybridized carbons (Fsp3) is 0.600. The predicted octanol–water partition coefficient (Wildman–Crippen LogP) is 3.76. The Balaban J connectivity index is 1.61. The normalized spacial score (nSPS) is 31.0. The van der Waals surface area contributed by atoms with Gasteiger partial charge in [0.05, 0.1) is 5.56 Å². The first-order valence-electron chi connectivity index (χ1n) is 9.49. The number of hydrogen-bond acceptors (Lipinski definition) is 2. The highest BCUT2D eigenvalue weighted by molar-refractivity contribution is 5.94. The lowest BCUT2D eigenvalue weighted by Crippen LogP contribution is -2.58. The number of piperidine rings is 1. The van der Waals surface area contributed by atoms with Crippen molar-refractivity contribution in [3.8, 4) is 0 Å². The summed E-state index contributed by atoms with van der Waals surface area (Å²) in [5.74, 6) is 0.478. The van der Waals surface area contributed by atoms with Crippen molar-refractivity contribution in [1.29, 1.82) is 0 Å². The Morgan fingerprint density at radius 1 is 1.22 bits per heavy atom. The Bertz CT molecular complexity index is 702. The van der Waals surface area contributed by atoms with Crippen LogP contribution in [0.25, 0.3) is 0 Å². The van der Waals surface area contributed by atoms with E-state index in [0.717, 1.165) is 31.4 Å². The van der Waals surface area contributed by atoms with Gasteiger partial charge in [-0.3, -0.25) is 9.59 Å². The number of halogens is 3. The van der Waals surface area contributed by atoms with E-state index in [2.05, 4.69) is 17.6 Å². The number of fused-ring (bicyclic) bond motifs is 1. The van der Waals surface area contributed by atoms with Gasteiger partial charge in [-0.1, -0.05) is 13.8 Å². The molecule has 5 unspecified atom stereocenters. The zero-order valence-electron chi connectivity index (χ0n) is 15.5. The molecule has 2 aliphatic rings. The number of rotatable bonds is 3. The lowest BCUT2D eigenvalue weighted by atomic mass is 9.67. The van der Waals surface area contributed by atoms with Gasteiger partial charge in [-0.2, -0.15) is 13.2 Å². The van der Waals surface area contributed by atoms with Crippen molar-refractivity contribution in [2.24, 2.45) is 17.8 Å². The molecule has 2 N–H and O–H groups in total. The van der Waals surface area contributed by atoms with Gasteiger partial charge in [0.25, 0.3) is 5.91 Å².